The highest BCUT2D eigenvalue weighted by Crippen LogP contribution is 2.36. The number of rotatable bonds is 5. The van der Waals surface area contributed by atoms with Crippen molar-refractivity contribution < 1.29 is 4.74 Å². The summed E-state index contributed by atoms with van der Waals surface area (Å²) < 4.78 is 5.43. The quantitative estimate of drug-likeness (QED) is 0.726. The first-order valence-electron chi connectivity index (χ1n) is 9.24. The Balaban J connectivity index is 1.61. The summed E-state index contributed by atoms with van der Waals surface area (Å²) in [6.45, 7) is 4.87. The Hall–Kier alpha value is -3.08. The Labute approximate surface area is 160 Å². The first-order chi connectivity index (χ1) is 13.2. The molecule has 1 atom stereocenters. The molecule has 1 aliphatic heterocycles. The molecule has 0 spiro atoms. The molecule has 2 aromatic carbocycles. The summed E-state index contributed by atoms with van der Waals surface area (Å²) >= 11 is 0. The molecular weight excluding hydrogens is 336 g/mol. The first kappa shape index (κ1) is 17.3. The second-order valence-corrected chi connectivity index (χ2v) is 6.91. The van der Waals surface area contributed by atoms with Crippen molar-refractivity contribution >= 4 is 17.5 Å². The van der Waals surface area contributed by atoms with E-state index in [2.05, 4.69) is 47.5 Å². The largest absolute Gasteiger partial charge is 0.496 e. The average molecular weight is 360 g/mol. The molecule has 3 aromatic rings. The fourth-order valence-corrected chi connectivity index (χ4v) is 3.66. The monoisotopic (exact) mass is 360 g/mol. The van der Waals surface area contributed by atoms with E-state index in [1.165, 1.54) is 11.3 Å². The Bertz CT molecular complexity index is 957. The summed E-state index contributed by atoms with van der Waals surface area (Å²) in [5, 5.41) is 3.42. The van der Waals surface area contributed by atoms with Crippen LogP contribution in [0.3, 0.4) is 0 Å². The second kappa shape index (κ2) is 7.27. The van der Waals surface area contributed by atoms with Gasteiger partial charge in [0.15, 0.2) is 0 Å². The van der Waals surface area contributed by atoms with Crippen LogP contribution in [0.25, 0.3) is 0 Å². The molecule has 2 heterocycles. The third-order valence-corrected chi connectivity index (χ3v) is 4.92. The van der Waals surface area contributed by atoms with Gasteiger partial charge in [-0.3, -0.25) is 0 Å². The molecule has 138 valence electrons. The van der Waals surface area contributed by atoms with Gasteiger partial charge >= 0.3 is 0 Å². The molecule has 0 saturated carbocycles. The van der Waals surface area contributed by atoms with E-state index < -0.39 is 0 Å². The van der Waals surface area contributed by atoms with Gasteiger partial charge in [-0.2, -0.15) is 4.98 Å². The van der Waals surface area contributed by atoms with Crippen LogP contribution in [-0.2, 0) is 13.0 Å². The van der Waals surface area contributed by atoms with Crippen molar-refractivity contribution in [1.82, 2.24) is 9.97 Å². The van der Waals surface area contributed by atoms with Gasteiger partial charge in [0.2, 0.25) is 5.95 Å². The van der Waals surface area contributed by atoms with Crippen molar-refractivity contribution in [1.29, 1.82) is 0 Å². The Kier molecular flexibility index (Phi) is 4.67. The Morgan fingerprint density at radius 1 is 1.11 bits per heavy atom. The molecule has 0 radical (unpaired) electrons. The highest BCUT2D eigenvalue weighted by atomic mass is 16.5. The van der Waals surface area contributed by atoms with Crippen LogP contribution < -0.4 is 15.0 Å². The zero-order valence-corrected chi connectivity index (χ0v) is 15.9. The van der Waals surface area contributed by atoms with E-state index in [1.807, 2.05) is 31.2 Å². The van der Waals surface area contributed by atoms with Crippen molar-refractivity contribution in [3.63, 3.8) is 0 Å². The minimum atomic E-state index is 0.339. The molecule has 0 aliphatic carbocycles. The number of methoxy groups -OCH3 is 1. The maximum absolute atomic E-state index is 5.43. The number of benzene rings is 2. The maximum atomic E-state index is 5.43. The summed E-state index contributed by atoms with van der Waals surface area (Å²) in [6, 6.07) is 18.8. The van der Waals surface area contributed by atoms with Gasteiger partial charge in [0.05, 0.1) is 7.11 Å². The summed E-state index contributed by atoms with van der Waals surface area (Å²) in [5.74, 6) is 2.44. The average Bonchev–Trinajstić information content (AvgIpc) is 3.02. The predicted octanol–water partition coefficient (Wildman–Crippen LogP) is 4.49. The molecule has 4 rings (SSSR count). The van der Waals surface area contributed by atoms with E-state index in [1.54, 1.807) is 7.11 Å². The summed E-state index contributed by atoms with van der Waals surface area (Å²) in [4.78, 5) is 11.7. The smallest absolute Gasteiger partial charge is 0.232 e. The highest BCUT2D eigenvalue weighted by Gasteiger charge is 2.29. The number of nitrogens with zero attached hydrogens (tertiary/aromatic N) is 3. The van der Waals surface area contributed by atoms with E-state index >= 15 is 0 Å². The zero-order chi connectivity index (χ0) is 18.8. The minimum Gasteiger partial charge on any atom is -0.496 e. The normalized spacial score (nSPS) is 15.5. The van der Waals surface area contributed by atoms with Gasteiger partial charge < -0.3 is 15.0 Å². The van der Waals surface area contributed by atoms with Crippen molar-refractivity contribution in [2.45, 2.75) is 32.9 Å². The van der Waals surface area contributed by atoms with E-state index in [9.17, 15) is 0 Å². The molecule has 0 bridgehead atoms. The lowest BCUT2D eigenvalue weighted by atomic mass is 10.1. The highest BCUT2D eigenvalue weighted by molar-refractivity contribution is 5.67. The van der Waals surface area contributed by atoms with Gasteiger partial charge in [-0.25, -0.2) is 4.98 Å². The number of aromatic nitrogens is 2. The van der Waals surface area contributed by atoms with Crippen LogP contribution in [0.15, 0.2) is 54.6 Å². The lowest BCUT2D eigenvalue weighted by Gasteiger charge is -2.23. The summed E-state index contributed by atoms with van der Waals surface area (Å²) in [6.07, 6.45) is 1.01. The van der Waals surface area contributed by atoms with E-state index in [0.29, 0.717) is 12.6 Å². The predicted molar refractivity (Wildman–Crippen MR) is 109 cm³/mol. The van der Waals surface area contributed by atoms with Crippen molar-refractivity contribution in [2.75, 3.05) is 17.3 Å². The van der Waals surface area contributed by atoms with Gasteiger partial charge in [0.1, 0.15) is 11.6 Å². The Morgan fingerprint density at radius 2 is 1.89 bits per heavy atom. The number of para-hydroxylation sites is 2. The second-order valence-electron chi connectivity index (χ2n) is 6.91. The number of ether oxygens (including phenoxy) is 1. The van der Waals surface area contributed by atoms with Crippen molar-refractivity contribution in [2.24, 2.45) is 0 Å². The van der Waals surface area contributed by atoms with E-state index in [4.69, 9.17) is 14.7 Å². The molecule has 5 nitrogen and oxygen atoms in total. The third kappa shape index (κ3) is 3.45. The van der Waals surface area contributed by atoms with Crippen LogP contribution in [0.1, 0.15) is 23.7 Å². The van der Waals surface area contributed by atoms with Crippen LogP contribution in [0.5, 0.6) is 5.75 Å². The third-order valence-electron chi connectivity index (χ3n) is 4.92. The van der Waals surface area contributed by atoms with Gasteiger partial charge in [0, 0.05) is 35.6 Å². The fraction of sp³-hybridized carbons (Fsp3) is 0.273. The number of hydrogen-bond acceptors (Lipinski definition) is 5. The summed E-state index contributed by atoms with van der Waals surface area (Å²) in [5.41, 5.74) is 4.58. The van der Waals surface area contributed by atoms with Gasteiger partial charge in [-0.05, 0) is 38.0 Å². The Morgan fingerprint density at radius 3 is 2.74 bits per heavy atom. The minimum absolute atomic E-state index is 0.339. The first-order valence-corrected chi connectivity index (χ1v) is 9.24. The molecular formula is C22H24N4O. The van der Waals surface area contributed by atoms with Crippen molar-refractivity contribution in [3.8, 4) is 5.75 Å². The number of nitrogens with one attached hydrogen (secondary N) is 1. The molecule has 1 unspecified atom stereocenters. The molecule has 1 N–H and O–H groups in total. The van der Waals surface area contributed by atoms with Gasteiger partial charge in [0.25, 0.3) is 0 Å². The van der Waals surface area contributed by atoms with Crippen LogP contribution in [0.4, 0.5) is 17.5 Å². The maximum Gasteiger partial charge on any atom is 0.232 e. The molecule has 1 aromatic heterocycles. The van der Waals surface area contributed by atoms with Crippen LogP contribution in [0, 0.1) is 6.92 Å². The van der Waals surface area contributed by atoms with Crippen LogP contribution in [-0.4, -0.2) is 23.1 Å². The number of anilines is 3. The van der Waals surface area contributed by atoms with Crippen LogP contribution >= 0.6 is 0 Å². The van der Waals surface area contributed by atoms with E-state index in [0.717, 1.165) is 35.2 Å². The number of fused-ring (bicyclic) bond motifs is 1. The molecule has 5 heteroatoms. The van der Waals surface area contributed by atoms with Gasteiger partial charge in [-0.1, -0.05) is 36.4 Å². The molecule has 27 heavy (non-hydrogen) atoms. The summed E-state index contributed by atoms with van der Waals surface area (Å²) in [7, 11) is 1.69. The lowest BCUT2D eigenvalue weighted by Crippen LogP contribution is -2.26. The van der Waals surface area contributed by atoms with Crippen molar-refractivity contribution in [3.05, 3.63) is 71.4 Å². The zero-order valence-electron chi connectivity index (χ0n) is 15.9. The molecule has 0 fully saturated rings. The molecule has 0 amide bonds. The van der Waals surface area contributed by atoms with Gasteiger partial charge in [-0.15, -0.1) is 0 Å². The topological polar surface area (TPSA) is 50.3 Å². The number of hydrogen-bond donors (Lipinski definition) is 1. The SMILES string of the molecule is COc1ccccc1CNc1cc(C)nc(N2c3ccccc3CC2C)n1. The fourth-order valence-electron chi connectivity index (χ4n) is 3.66. The standard InChI is InChI=1S/C22H24N4O/c1-15-12-21(23-14-18-9-5-7-11-20(18)27-3)25-22(24-15)26-16(2)13-17-8-4-6-10-19(17)26/h4-12,16H,13-14H2,1-3H3,(H,23,24,25). The number of aryl methyl sites for hydroxylation is 1. The molecule has 1 aliphatic rings. The lowest BCUT2D eigenvalue weighted by molar-refractivity contribution is 0.410. The van der Waals surface area contributed by atoms with E-state index in [-0.39, 0.29) is 0 Å². The van der Waals surface area contributed by atoms with Crippen LogP contribution in [0.2, 0.25) is 0 Å². The molecule has 0 saturated heterocycles.